The van der Waals surface area contributed by atoms with Crippen molar-refractivity contribution in [2.24, 2.45) is 0 Å². The monoisotopic (exact) mass is 250 g/mol. The van der Waals surface area contributed by atoms with Gasteiger partial charge in [-0.25, -0.2) is 0 Å². The maximum Gasteiger partial charge on any atom is 0.310 e. The first kappa shape index (κ1) is 11.9. The Morgan fingerprint density at radius 1 is 1.47 bits per heavy atom. The first-order chi connectivity index (χ1) is 6.97. The lowest BCUT2D eigenvalue weighted by Gasteiger charge is -2.08. The highest BCUT2D eigenvalue weighted by Gasteiger charge is 2.17. The van der Waals surface area contributed by atoms with Gasteiger partial charge in [0.1, 0.15) is 5.75 Å². The van der Waals surface area contributed by atoms with Crippen molar-refractivity contribution in [3.63, 3.8) is 0 Å². The molecular formula is C9H8Cl2O4. The van der Waals surface area contributed by atoms with Gasteiger partial charge in [-0.15, -0.1) is 0 Å². The number of halogens is 2. The van der Waals surface area contributed by atoms with Gasteiger partial charge >= 0.3 is 5.97 Å². The molecule has 0 fully saturated rings. The van der Waals surface area contributed by atoms with Gasteiger partial charge in [0.15, 0.2) is 5.75 Å². The summed E-state index contributed by atoms with van der Waals surface area (Å²) >= 11 is 11.3. The fourth-order valence-corrected chi connectivity index (χ4v) is 1.53. The Morgan fingerprint density at radius 2 is 2.07 bits per heavy atom. The molecular weight excluding hydrogens is 243 g/mol. The lowest BCUT2D eigenvalue weighted by molar-refractivity contribution is -0.139. The molecule has 1 aromatic rings. The normalized spacial score (nSPS) is 10.1. The second-order valence-corrected chi connectivity index (χ2v) is 3.56. The third-order valence-corrected chi connectivity index (χ3v) is 2.52. The Hall–Kier alpha value is -1.13. The van der Waals surface area contributed by atoms with Gasteiger partial charge in [-0.1, -0.05) is 23.2 Å². The van der Waals surface area contributed by atoms with Crippen LogP contribution in [0.15, 0.2) is 6.07 Å². The van der Waals surface area contributed by atoms with E-state index in [4.69, 9.17) is 23.2 Å². The minimum absolute atomic E-state index is 0.0777. The molecule has 0 saturated carbocycles. The third-order valence-electron chi connectivity index (χ3n) is 1.82. The summed E-state index contributed by atoms with van der Waals surface area (Å²) in [7, 11) is 1.21. The summed E-state index contributed by atoms with van der Waals surface area (Å²) in [6.07, 6.45) is -0.230. The van der Waals surface area contributed by atoms with Crippen LogP contribution in [0, 0.1) is 0 Å². The van der Waals surface area contributed by atoms with Crippen LogP contribution >= 0.6 is 23.2 Å². The Morgan fingerprint density at radius 3 is 2.60 bits per heavy atom. The predicted molar refractivity (Wildman–Crippen MR) is 55.5 cm³/mol. The lowest BCUT2D eigenvalue weighted by atomic mass is 10.1. The summed E-state index contributed by atoms with van der Waals surface area (Å²) < 4.78 is 4.41. The van der Waals surface area contributed by atoms with E-state index in [2.05, 4.69) is 4.74 Å². The second-order valence-electron chi connectivity index (χ2n) is 2.77. The quantitative estimate of drug-likeness (QED) is 0.624. The van der Waals surface area contributed by atoms with Crippen LogP contribution in [0.25, 0.3) is 0 Å². The molecule has 2 N–H and O–H groups in total. The van der Waals surface area contributed by atoms with E-state index in [0.717, 1.165) is 6.07 Å². The van der Waals surface area contributed by atoms with Gasteiger partial charge in [-0.3, -0.25) is 4.79 Å². The van der Waals surface area contributed by atoms with Crippen molar-refractivity contribution in [3.05, 3.63) is 21.7 Å². The van der Waals surface area contributed by atoms with Crippen molar-refractivity contribution < 1.29 is 19.7 Å². The molecule has 0 spiro atoms. The van der Waals surface area contributed by atoms with Crippen LogP contribution in [0.2, 0.25) is 10.0 Å². The smallest absolute Gasteiger partial charge is 0.310 e. The molecule has 0 aliphatic carbocycles. The van der Waals surface area contributed by atoms with E-state index in [1.165, 1.54) is 7.11 Å². The van der Waals surface area contributed by atoms with Crippen LogP contribution in [-0.4, -0.2) is 23.3 Å². The molecule has 0 aromatic heterocycles. The van der Waals surface area contributed by atoms with E-state index in [9.17, 15) is 15.0 Å². The van der Waals surface area contributed by atoms with Gasteiger partial charge in [0.05, 0.1) is 23.6 Å². The number of hydrogen-bond donors (Lipinski definition) is 2. The fourth-order valence-electron chi connectivity index (χ4n) is 1.02. The van der Waals surface area contributed by atoms with E-state index < -0.39 is 5.97 Å². The number of phenolic OH excluding ortho intramolecular Hbond substituents is 2. The van der Waals surface area contributed by atoms with Gasteiger partial charge in [0, 0.05) is 11.6 Å². The Balaban J connectivity index is 3.18. The highest BCUT2D eigenvalue weighted by atomic mass is 35.5. The average Bonchev–Trinajstić information content (AvgIpc) is 2.21. The summed E-state index contributed by atoms with van der Waals surface area (Å²) in [6, 6.07) is 1.11. The van der Waals surface area contributed by atoms with Gasteiger partial charge in [0.25, 0.3) is 0 Å². The molecule has 15 heavy (non-hydrogen) atoms. The van der Waals surface area contributed by atoms with E-state index in [1.54, 1.807) is 0 Å². The van der Waals surface area contributed by atoms with E-state index in [0.29, 0.717) is 0 Å². The van der Waals surface area contributed by atoms with Crippen LogP contribution in [0.3, 0.4) is 0 Å². The molecule has 4 nitrogen and oxygen atoms in total. The maximum atomic E-state index is 11.0. The maximum absolute atomic E-state index is 11.0. The number of aromatic hydroxyl groups is 2. The van der Waals surface area contributed by atoms with Crippen molar-refractivity contribution in [2.75, 3.05) is 7.11 Å². The van der Waals surface area contributed by atoms with Gasteiger partial charge in [-0.2, -0.15) is 0 Å². The zero-order chi connectivity index (χ0) is 11.6. The van der Waals surface area contributed by atoms with Crippen LogP contribution in [0.5, 0.6) is 11.5 Å². The van der Waals surface area contributed by atoms with Crippen molar-refractivity contribution in [3.8, 4) is 11.5 Å². The molecule has 0 heterocycles. The Bertz CT molecular complexity index is 404. The minimum atomic E-state index is -0.575. The highest BCUT2D eigenvalue weighted by molar-refractivity contribution is 6.38. The molecule has 0 radical (unpaired) electrons. The summed E-state index contributed by atoms with van der Waals surface area (Å²) in [4.78, 5) is 11.0. The highest BCUT2D eigenvalue weighted by Crippen LogP contribution is 2.39. The first-order valence-electron chi connectivity index (χ1n) is 3.93. The number of benzene rings is 1. The van der Waals surface area contributed by atoms with E-state index in [1.807, 2.05) is 0 Å². The second kappa shape index (κ2) is 4.59. The minimum Gasteiger partial charge on any atom is -0.508 e. The third kappa shape index (κ3) is 2.46. The number of phenols is 2. The predicted octanol–water partition coefficient (Wildman–Crippen LogP) is 2.12. The molecule has 0 amide bonds. The zero-order valence-corrected chi connectivity index (χ0v) is 9.26. The topological polar surface area (TPSA) is 66.8 Å². The number of ether oxygens (including phenoxy) is 1. The van der Waals surface area contributed by atoms with Crippen LogP contribution < -0.4 is 0 Å². The molecule has 0 atom stereocenters. The summed E-state index contributed by atoms with van der Waals surface area (Å²) in [5.74, 6) is -1.20. The molecule has 1 rings (SSSR count). The van der Waals surface area contributed by atoms with Crippen molar-refractivity contribution >= 4 is 29.2 Å². The number of rotatable bonds is 2. The number of esters is 1. The fraction of sp³-hybridized carbons (Fsp3) is 0.222. The van der Waals surface area contributed by atoms with E-state index >= 15 is 0 Å². The molecule has 1 aromatic carbocycles. The first-order valence-corrected chi connectivity index (χ1v) is 4.68. The average molecular weight is 251 g/mol. The molecule has 0 bridgehead atoms. The van der Waals surface area contributed by atoms with Crippen molar-refractivity contribution in [1.82, 2.24) is 0 Å². The van der Waals surface area contributed by atoms with Crippen molar-refractivity contribution in [1.29, 1.82) is 0 Å². The zero-order valence-electron chi connectivity index (χ0n) is 7.75. The Labute approximate surface area is 96.0 Å². The number of methoxy groups -OCH3 is 1. The van der Waals surface area contributed by atoms with Gasteiger partial charge in [-0.05, 0) is 0 Å². The SMILES string of the molecule is COC(=O)Cc1c(O)cc(Cl)c(O)c1Cl. The van der Waals surface area contributed by atoms with Gasteiger partial charge in [0.2, 0.25) is 0 Å². The molecule has 6 heteroatoms. The van der Waals surface area contributed by atoms with Crippen LogP contribution in [0.4, 0.5) is 0 Å². The van der Waals surface area contributed by atoms with Crippen LogP contribution in [0.1, 0.15) is 5.56 Å². The summed E-state index contributed by atoms with van der Waals surface area (Å²) in [5, 5.41) is 18.6. The number of hydrogen-bond acceptors (Lipinski definition) is 4. The van der Waals surface area contributed by atoms with Gasteiger partial charge < -0.3 is 14.9 Å². The Kier molecular flexibility index (Phi) is 3.66. The summed E-state index contributed by atoms with van der Waals surface area (Å²) in [5.41, 5.74) is 0.0883. The lowest BCUT2D eigenvalue weighted by Crippen LogP contribution is -2.05. The van der Waals surface area contributed by atoms with Crippen molar-refractivity contribution in [2.45, 2.75) is 6.42 Å². The molecule has 0 aliphatic heterocycles. The molecule has 0 aliphatic rings. The molecule has 82 valence electrons. The molecule has 0 saturated heterocycles. The van der Waals surface area contributed by atoms with E-state index in [-0.39, 0.29) is 33.5 Å². The number of carbonyl (C=O) groups excluding carboxylic acids is 1. The largest absolute Gasteiger partial charge is 0.508 e. The standard InChI is InChI=1S/C9H8Cl2O4/c1-15-7(13)2-4-6(12)3-5(10)9(14)8(4)11/h3,12,14H,2H2,1H3. The van der Waals surface area contributed by atoms with Crippen LogP contribution in [-0.2, 0) is 16.0 Å². The number of carbonyl (C=O) groups is 1. The summed E-state index contributed by atoms with van der Waals surface area (Å²) in [6.45, 7) is 0. The molecule has 0 unspecified atom stereocenters.